The van der Waals surface area contributed by atoms with Gasteiger partial charge in [-0.05, 0) is 74.2 Å². The first-order valence-corrected chi connectivity index (χ1v) is 9.41. The Labute approximate surface area is 177 Å². The number of hydrogen-bond donors (Lipinski definition) is 1. The largest absolute Gasteiger partial charge is 0.573 e. The number of aromatic nitrogens is 1. The minimum absolute atomic E-state index is 0. The van der Waals surface area contributed by atoms with Crippen LogP contribution in [-0.4, -0.2) is 16.0 Å². The fourth-order valence-corrected chi connectivity index (χ4v) is 3.61. The van der Waals surface area contributed by atoms with Crippen molar-refractivity contribution in [3.63, 3.8) is 0 Å². The van der Waals surface area contributed by atoms with Crippen LogP contribution in [0.15, 0.2) is 59.4 Å². The third-order valence-electron chi connectivity index (χ3n) is 4.89. The summed E-state index contributed by atoms with van der Waals surface area (Å²) in [5, 5.41) is 10.1. The van der Waals surface area contributed by atoms with Gasteiger partial charge in [0.15, 0.2) is 0 Å². The van der Waals surface area contributed by atoms with Crippen molar-refractivity contribution in [3.05, 3.63) is 76.2 Å². The SMILES string of the molecule is C.O=c1cc(O)c2c(n1-c1ccc(Oc3ccc(OC(F)(F)F)cc3)cc1)CCCC2. The van der Waals surface area contributed by atoms with Crippen LogP contribution in [0.1, 0.15) is 31.5 Å². The van der Waals surface area contributed by atoms with Crippen LogP contribution in [0.5, 0.6) is 23.0 Å². The number of fused-ring (bicyclic) bond motifs is 1. The van der Waals surface area contributed by atoms with Crippen molar-refractivity contribution in [3.8, 4) is 28.7 Å². The maximum absolute atomic E-state index is 12.5. The number of benzene rings is 2. The summed E-state index contributed by atoms with van der Waals surface area (Å²) in [7, 11) is 0. The van der Waals surface area contributed by atoms with Crippen LogP contribution >= 0.6 is 0 Å². The Hall–Kier alpha value is -3.42. The molecule has 0 saturated carbocycles. The molecule has 3 aromatic rings. The van der Waals surface area contributed by atoms with Crippen LogP contribution in [-0.2, 0) is 12.8 Å². The lowest BCUT2D eigenvalue weighted by atomic mass is 9.94. The highest BCUT2D eigenvalue weighted by Crippen LogP contribution is 2.30. The predicted octanol–water partition coefficient (Wildman–Crippen LogP) is 5.75. The molecule has 1 N–H and O–H groups in total. The molecule has 4 rings (SSSR count). The van der Waals surface area contributed by atoms with Crippen molar-refractivity contribution in [1.29, 1.82) is 0 Å². The van der Waals surface area contributed by atoms with Gasteiger partial charge in [0.2, 0.25) is 0 Å². The molecule has 164 valence electrons. The number of pyridine rings is 1. The number of rotatable bonds is 4. The average molecular weight is 433 g/mol. The lowest BCUT2D eigenvalue weighted by Gasteiger charge is -2.22. The monoisotopic (exact) mass is 433 g/mol. The van der Waals surface area contributed by atoms with Crippen LogP contribution < -0.4 is 15.0 Å². The number of ether oxygens (including phenoxy) is 2. The van der Waals surface area contributed by atoms with Crippen molar-refractivity contribution >= 4 is 0 Å². The average Bonchev–Trinajstić information content (AvgIpc) is 2.70. The molecule has 1 heterocycles. The van der Waals surface area contributed by atoms with Gasteiger partial charge in [0.05, 0.1) is 0 Å². The number of aromatic hydroxyl groups is 1. The van der Waals surface area contributed by atoms with E-state index in [-0.39, 0.29) is 24.5 Å². The third kappa shape index (κ3) is 5.02. The lowest BCUT2D eigenvalue weighted by molar-refractivity contribution is -0.274. The minimum atomic E-state index is -4.75. The van der Waals surface area contributed by atoms with E-state index in [1.807, 2.05) is 0 Å². The molecular weight excluding hydrogens is 411 g/mol. The number of nitrogens with zero attached hydrogens (tertiary/aromatic N) is 1. The summed E-state index contributed by atoms with van der Waals surface area (Å²) in [4.78, 5) is 12.5. The van der Waals surface area contributed by atoms with E-state index in [1.165, 1.54) is 30.3 Å². The normalized spacial score (nSPS) is 13.1. The van der Waals surface area contributed by atoms with E-state index in [1.54, 1.807) is 28.8 Å². The van der Waals surface area contributed by atoms with Crippen LogP contribution in [0.2, 0.25) is 0 Å². The van der Waals surface area contributed by atoms with Crippen LogP contribution in [0, 0.1) is 0 Å². The summed E-state index contributed by atoms with van der Waals surface area (Å²) in [5.74, 6) is 0.519. The van der Waals surface area contributed by atoms with Gasteiger partial charge in [0.1, 0.15) is 23.0 Å². The van der Waals surface area contributed by atoms with Gasteiger partial charge in [0.25, 0.3) is 5.56 Å². The topological polar surface area (TPSA) is 60.7 Å². The molecule has 8 heteroatoms. The van der Waals surface area contributed by atoms with E-state index in [0.717, 1.165) is 30.5 Å². The highest BCUT2D eigenvalue weighted by atomic mass is 19.4. The third-order valence-corrected chi connectivity index (χ3v) is 4.89. The second kappa shape index (κ2) is 8.75. The molecule has 31 heavy (non-hydrogen) atoms. The summed E-state index contributed by atoms with van der Waals surface area (Å²) in [6, 6.07) is 13.1. The van der Waals surface area contributed by atoms with E-state index in [4.69, 9.17) is 4.74 Å². The maximum Gasteiger partial charge on any atom is 0.573 e. The molecule has 1 aliphatic carbocycles. The molecule has 1 aromatic heterocycles. The second-order valence-electron chi connectivity index (χ2n) is 6.95. The molecule has 0 atom stereocenters. The van der Waals surface area contributed by atoms with Gasteiger partial charge in [0, 0.05) is 23.0 Å². The van der Waals surface area contributed by atoms with Crippen LogP contribution in [0.25, 0.3) is 5.69 Å². The van der Waals surface area contributed by atoms with E-state index in [2.05, 4.69) is 4.74 Å². The van der Waals surface area contributed by atoms with E-state index in [0.29, 0.717) is 23.6 Å². The Balaban J connectivity index is 0.00000272. The minimum Gasteiger partial charge on any atom is -0.507 e. The summed E-state index contributed by atoms with van der Waals surface area (Å²) < 4.78 is 47.8. The molecule has 0 amide bonds. The first kappa shape index (κ1) is 22.3. The van der Waals surface area contributed by atoms with Gasteiger partial charge in [-0.25, -0.2) is 0 Å². The zero-order chi connectivity index (χ0) is 21.3. The Morgan fingerprint density at radius 1 is 0.871 bits per heavy atom. The number of alkyl halides is 3. The first-order valence-electron chi connectivity index (χ1n) is 9.41. The number of halogens is 3. The van der Waals surface area contributed by atoms with Crippen molar-refractivity contribution in [2.45, 2.75) is 39.5 Å². The summed E-state index contributed by atoms with van der Waals surface area (Å²) in [6.45, 7) is 0. The first-order chi connectivity index (χ1) is 14.3. The molecule has 0 radical (unpaired) electrons. The summed E-state index contributed by atoms with van der Waals surface area (Å²) >= 11 is 0. The van der Waals surface area contributed by atoms with Crippen LogP contribution in [0.3, 0.4) is 0 Å². The zero-order valence-corrected chi connectivity index (χ0v) is 15.8. The molecule has 5 nitrogen and oxygen atoms in total. The predicted molar refractivity (Wildman–Crippen MR) is 110 cm³/mol. The van der Waals surface area contributed by atoms with Crippen LogP contribution in [0.4, 0.5) is 13.2 Å². The fourth-order valence-electron chi connectivity index (χ4n) is 3.61. The van der Waals surface area contributed by atoms with Gasteiger partial charge in [-0.1, -0.05) is 7.43 Å². The van der Waals surface area contributed by atoms with Gasteiger partial charge >= 0.3 is 6.36 Å². The Morgan fingerprint density at radius 3 is 2.03 bits per heavy atom. The molecule has 2 aromatic carbocycles. The molecule has 0 fully saturated rings. The Bertz CT molecular complexity index is 1100. The van der Waals surface area contributed by atoms with Gasteiger partial charge in [-0.15, -0.1) is 13.2 Å². The molecule has 0 aliphatic heterocycles. The Morgan fingerprint density at radius 2 is 1.42 bits per heavy atom. The van der Waals surface area contributed by atoms with Crippen molar-refractivity contribution in [1.82, 2.24) is 4.57 Å². The van der Waals surface area contributed by atoms with E-state index >= 15 is 0 Å². The molecule has 0 unspecified atom stereocenters. The quantitative estimate of drug-likeness (QED) is 0.569. The highest BCUT2D eigenvalue weighted by molar-refractivity contribution is 5.46. The standard InChI is InChI=1S/C22H18F3NO4.CH4/c23-22(24,25)30-17-11-9-16(10-12-17)29-15-7-5-14(6-8-15)26-19-4-2-1-3-18(19)20(27)13-21(26)28;/h5-13,27H,1-4H2;1H4. The lowest BCUT2D eigenvalue weighted by Crippen LogP contribution is -2.24. The molecule has 1 aliphatic rings. The van der Waals surface area contributed by atoms with E-state index < -0.39 is 6.36 Å². The van der Waals surface area contributed by atoms with E-state index in [9.17, 15) is 23.1 Å². The van der Waals surface area contributed by atoms with Gasteiger partial charge in [-0.2, -0.15) is 0 Å². The van der Waals surface area contributed by atoms with Crippen molar-refractivity contribution in [2.24, 2.45) is 0 Å². The molecule has 0 bridgehead atoms. The molecule has 0 saturated heterocycles. The zero-order valence-electron chi connectivity index (χ0n) is 15.8. The number of hydrogen-bond acceptors (Lipinski definition) is 4. The van der Waals surface area contributed by atoms with Crippen molar-refractivity contribution in [2.75, 3.05) is 0 Å². The molecular formula is C23H22F3NO4. The fraction of sp³-hybridized carbons (Fsp3) is 0.261. The second-order valence-corrected chi connectivity index (χ2v) is 6.95. The molecule has 0 spiro atoms. The van der Waals surface area contributed by atoms with Crippen molar-refractivity contribution < 1.29 is 27.8 Å². The smallest absolute Gasteiger partial charge is 0.507 e. The summed E-state index contributed by atoms with van der Waals surface area (Å²) in [5.41, 5.74) is 1.98. The summed E-state index contributed by atoms with van der Waals surface area (Å²) in [6.07, 6.45) is -1.38. The Kier molecular flexibility index (Phi) is 6.29. The van der Waals surface area contributed by atoms with Gasteiger partial charge < -0.3 is 14.6 Å². The highest BCUT2D eigenvalue weighted by Gasteiger charge is 2.31. The van der Waals surface area contributed by atoms with Gasteiger partial charge in [-0.3, -0.25) is 9.36 Å². The maximum atomic E-state index is 12.5.